The van der Waals surface area contributed by atoms with Crippen molar-refractivity contribution in [1.82, 2.24) is 15.2 Å². The highest BCUT2D eigenvalue weighted by atomic mass is 16.4. The summed E-state index contributed by atoms with van der Waals surface area (Å²) in [6.07, 6.45) is 2.32. The molecule has 0 saturated carbocycles. The third-order valence-corrected chi connectivity index (χ3v) is 3.22. The molecule has 0 saturated heterocycles. The zero-order chi connectivity index (χ0) is 16.1. The van der Waals surface area contributed by atoms with Crippen molar-refractivity contribution in [3.8, 4) is 11.6 Å². The number of hydrogen-bond acceptors (Lipinski definition) is 5. The molecule has 116 valence electrons. The van der Waals surface area contributed by atoms with Gasteiger partial charge in [-0.05, 0) is 36.8 Å². The lowest BCUT2D eigenvalue weighted by Gasteiger charge is -2.04. The summed E-state index contributed by atoms with van der Waals surface area (Å²) in [5.41, 5.74) is 2.50. The van der Waals surface area contributed by atoms with Gasteiger partial charge in [-0.3, -0.25) is 9.78 Å². The Bertz CT molecular complexity index is 799. The van der Waals surface area contributed by atoms with Gasteiger partial charge in [-0.15, -0.1) is 10.2 Å². The lowest BCUT2D eigenvalue weighted by molar-refractivity contribution is -0.116. The number of nitrogens with one attached hydrogen (secondary N) is 1. The van der Waals surface area contributed by atoms with Crippen LogP contribution in [0.15, 0.2) is 53.1 Å². The monoisotopic (exact) mass is 308 g/mol. The summed E-state index contributed by atoms with van der Waals surface area (Å²) >= 11 is 0. The number of benzene rings is 1. The van der Waals surface area contributed by atoms with E-state index < -0.39 is 0 Å². The lowest BCUT2D eigenvalue weighted by Crippen LogP contribution is -2.12. The zero-order valence-electron chi connectivity index (χ0n) is 12.7. The minimum absolute atomic E-state index is 0.0896. The van der Waals surface area contributed by atoms with Crippen molar-refractivity contribution >= 4 is 11.6 Å². The number of carbonyl (C=O) groups is 1. The summed E-state index contributed by atoms with van der Waals surface area (Å²) in [5.74, 6) is 0.693. The molecule has 6 nitrogen and oxygen atoms in total. The minimum atomic E-state index is -0.0896. The fraction of sp³-hybridized carbons (Fsp3) is 0.176. The van der Waals surface area contributed by atoms with Crippen molar-refractivity contribution in [2.24, 2.45) is 0 Å². The fourth-order valence-corrected chi connectivity index (χ4v) is 2.11. The molecule has 6 heteroatoms. The van der Waals surface area contributed by atoms with E-state index in [4.69, 9.17) is 4.42 Å². The molecule has 1 aromatic carbocycles. The zero-order valence-corrected chi connectivity index (χ0v) is 12.7. The van der Waals surface area contributed by atoms with E-state index in [1.807, 2.05) is 43.3 Å². The smallest absolute Gasteiger partial charge is 0.266 e. The van der Waals surface area contributed by atoms with Crippen LogP contribution in [0.3, 0.4) is 0 Å². The Morgan fingerprint density at radius 1 is 1.17 bits per heavy atom. The summed E-state index contributed by atoms with van der Waals surface area (Å²) in [7, 11) is 0. The number of aromatic nitrogens is 3. The third kappa shape index (κ3) is 4.00. The summed E-state index contributed by atoms with van der Waals surface area (Å²) in [6.45, 7) is 1.98. The molecule has 0 aliphatic carbocycles. The lowest BCUT2D eigenvalue weighted by atomic mass is 10.2. The second-order valence-electron chi connectivity index (χ2n) is 5.13. The summed E-state index contributed by atoms with van der Waals surface area (Å²) < 4.78 is 5.52. The van der Waals surface area contributed by atoms with Crippen LogP contribution in [0.25, 0.3) is 11.6 Å². The minimum Gasteiger partial charge on any atom is -0.419 e. The summed E-state index contributed by atoms with van der Waals surface area (Å²) in [6, 6.07) is 13.1. The van der Waals surface area contributed by atoms with E-state index in [0.29, 0.717) is 23.9 Å². The topological polar surface area (TPSA) is 80.9 Å². The van der Waals surface area contributed by atoms with E-state index in [0.717, 1.165) is 11.3 Å². The molecule has 1 N–H and O–H groups in total. The second kappa shape index (κ2) is 6.83. The van der Waals surface area contributed by atoms with Gasteiger partial charge >= 0.3 is 0 Å². The van der Waals surface area contributed by atoms with Crippen molar-refractivity contribution in [3.05, 3.63) is 60.1 Å². The van der Waals surface area contributed by atoms with Crippen LogP contribution in [0.1, 0.15) is 17.9 Å². The molecule has 2 heterocycles. The van der Waals surface area contributed by atoms with Crippen LogP contribution < -0.4 is 5.32 Å². The standard InChI is InChI=1S/C17H16N4O2/c1-12-5-4-6-13(11-12)19-15(22)8-9-16-20-21-17(23-16)14-7-2-3-10-18-14/h2-7,10-11H,8-9H2,1H3,(H,19,22). The van der Waals surface area contributed by atoms with Crippen LogP contribution in [-0.2, 0) is 11.2 Å². The van der Waals surface area contributed by atoms with Crippen molar-refractivity contribution in [3.63, 3.8) is 0 Å². The molecule has 0 atom stereocenters. The Morgan fingerprint density at radius 2 is 2.09 bits per heavy atom. The van der Waals surface area contributed by atoms with E-state index in [-0.39, 0.29) is 12.3 Å². The number of carbonyl (C=O) groups excluding carboxylic acids is 1. The molecule has 0 bridgehead atoms. The number of nitrogens with zero attached hydrogens (tertiary/aromatic N) is 3. The molecule has 0 aliphatic rings. The predicted molar refractivity (Wildman–Crippen MR) is 85.7 cm³/mol. The average molecular weight is 308 g/mol. The molecule has 23 heavy (non-hydrogen) atoms. The van der Waals surface area contributed by atoms with Crippen LogP contribution in [0.5, 0.6) is 0 Å². The maximum absolute atomic E-state index is 12.0. The number of rotatable bonds is 5. The van der Waals surface area contributed by atoms with Gasteiger partial charge in [-0.2, -0.15) is 0 Å². The summed E-state index contributed by atoms with van der Waals surface area (Å²) in [4.78, 5) is 16.1. The van der Waals surface area contributed by atoms with Crippen LogP contribution in [0.4, 0.5) is 5.69 Å². The summed E-state index contributed by atoms with van der Waals surface area (Å²) in [5, 5.41) is 10.7. The van der Waals surface area contributed by atoms with Gasteiger partial charge in [0.05, 0.1) is 0 Å². The Balaban J connectivity index is 1.56. The Hall–Kier alpha value is -3.02. The van der Waals surface area contributed by atoms with E-state index in [1.165, 1.54) is 0 Å². The van der Waals surface area contributed by atoms with Crippen molar-refractivity contribution in [1.29, 1.82) is 0 Å². The highest BCUT2D eigenvalue weighted by Crippen LogP contribution is 2.15. The molecule has 0 aliphatic heterocycles. The molecular weight excluding hydrogens is 292 g/mol. The number of anilines is 1. The first kappa shape index (κ1) is 14.9. The molecule has 0 fully saturated rings. The Labute approximate surface area is 133 Å². The molecule has 3 rings (SSSR count). The van der Waals surface area contributed by atoms with Gasteiger partial charge in [0.25, 0.3) is 5.89 Å². The van der Waals surface area contributed by atoms with Crippen LogP contribution in [-0.4, -0.2) is 21.1 Å². The largest absolute Gasteiger partial charge is 0.419 e. The quantitative estimate of drug-likeness (QED) is 0.783. The second-order valence-corrected chi connectivity index (χ2v) is 5.13. The maximum atomic E-state index is 12.0. The van der Waals surface area contributed by atoms with Crippen molar-refractivity contribution < 1.29 is 9.21 Å². The molecule has 2 aromatic heterocycles. The maximum Gasteiger partial charge on any atom is 0.266 e. The van der Waals surface area contributed by atoms with Crippen molar-refractivity contribution in [2.75, 3.05) is 5.32 Å². The molecule has 0 radical (unpaired) electrons. The number of amides is 1. The van der Waals surface area contributed by atoms with E-state index in [2.05, 4.69) is 20.5 Å². The fourth-order valence-electron chi connectivity index (χ4n) is 2.11. The molecular formula is C17H16N4O2. The van der Waals surface area contributed by atoms with E-state index in [1.54, 1.807) is 12.3 Å². The highest BCUT2D eigenvalue weighted by Gasteiger charge is 2.11. The van der Waals surface area contributed by atoms with E-state index >= 15 is 0 Å². The first-order valence-corrected chi connectivity index (χ1v) is 7.31. The first-order chi connectivity index (χ1) is 11.2. The van der Waals surface area contributed by atoms with Crippen LogP contribution in [0, 0.1) is 6.92 Å². The molecule has 3 aromatic rings. The molecule has 0 spiro atoms. The SMILES string of the molecule is Cc1cccc(NC(=O)CCc2nnc(-c3ccccn3)o2)c1. The highest BCUT2D eigenvalue weighted by molar-refractivity contribution is 5.90. The van der Waals surface area contributed by atoms with Gasteiger partial charge in [0.1, 0.15) is 5.69 Å². The van der Waals surface area contributed by atoms with Gasteiger partial charge in [-0.1, -0.05) is 18.2 Å². The van der Waals surface area contributed by atoms with Gasteiger partial charge < -0.3 is 9.73 Å². The van der Waals surface area contributed by atoms with Gasteiger partial charge in [0.2, 0.25) is 11.8 Å². The normalized spacial score (nSPS) is 10.5. The van der Waals surface area contributed by atoms with E-state index in [9.17, 15) is 4.79 Å². The Kier molecular flexibility index (Phi) is 4.42. The third-order valence-electron chi connectivity index (χ3n) is 3.22. The predicted octanol–water partition coefficient (Wildman–Crippen LogP) is 3.01. The van der Waals surface area contributed by atoms with Crippen LogP contribution in [0.2, 0.25) is 0 Å². The number of hydrogen-bond donors (Lipinski definition) is 1. The van der Waals surface area contributed by atoms with Gasteiger partial charge in [0.15, 0.2) is 0 Å². The number of aryl methyl sites for hydroxylation is 2. The first-order valence-electron chi connectivity index (χ1n) is 7.31. The average Bonchev–Trinajstić information content (AvgIpc) is 3.03. The number of pyridine rings is 1. The Morgan fingerprint density at radius 3 is 2.87 bits per heavy atom. The van der Waals surface area contributed by atoms with Crippen molar-refractivity contribution in [2.45, 2.75) is 19.8 Å². The van der Waals surface area contributed by atoms with Gasteiger partial charge in [0, 0.05) is 24.7 Å². The van der Waals surface area contributed by atoms with Gasteiger partial charge in [-0.25, -0.2) is 0 Å². The molecule has 1 amide bonds. The van der Waals surface area contributed by atoms with Crippen LogP contribution >= 0.6 is 0 Å². The molecule has 0 unspecified atom stereocenters.